The topological polar surface area (TPSA) is 61.3 Å². The number of aromatic hydroxyl groups is 1. The molecular weight excluding hydrogens is 346 g/mol. The smallest absolute Gasteiger partial charge is 0.263 e. The number of H-pyrrole nitrogens is 1. The van der Waals surface area contributed by atoms with E-state index in [0.717, 1.165) is 24.3 Å². The minimum atomic E-state index is -0.453. The number of aromatic amines is 1. The van der Waals surface area contributed by atoms with Crippen molar-refractivity contribution in [3.05, 3.63) is 68.9 Å². The molecule has 0 aliphatic rings. The fourth-order valence-corrected chi connectivity index (χ4v) is 2.85. The number of aromatic nitrogens is 2. The number of hydrogen-bond donors (Lipinski definition) is 2. The molecule has 6 heteroatoms. The highest BCUT2D eigenvalue weighted by atomic mass is 32.1. The fraction of sp³-hybridized carbons (Fsp3) is 0.250. The quantitative estimate of drug-likeness (QED) is 0.440. The van der Waals surface area contributed by atoms with Crippen LogP contribution >= 0.6 is 12.2 Å². The molecule has 0 aliphatic carbocycles. The van der Waals surface area contributed by atoms with Crippen molar-refractivity contribution in [2.24, 2.45) is 0 Å². The number of hydrogen-bond acceptors (Lipinski definition) is 4. The van der Waals surface area contributed by atoms with Crippen LogP contribution < -0.4 is 10.5 Å². The molecule has 1 aromatic heterocycles. The second-order valence-electron chi connectivity index (χ2n) is 5.62. The summed E-state index contributed by atoms with van der Waals surface area (Å²) in [6.07, 6.45) is 4.79. The zero-order valence-electron chi connectivity index (χ0n) is 15.0. The van der Waals surface area contributed by atoms with Gasteiger partial charge in [0.1, 0.15) is 5.56 Å². The van der Waals surface area contributed by atoms with Crippen molar-refractivity contribution in [3.63, 3.8) is 0 Å². The number of anilines is 1. The Morgan fingerprint density at radius 2 is 1.92 bits per heavy atom. The Morgan fingerprint density at radius 3 is 2.50 bits per heavy atom. The first-order valence-electron chi connectivity index (χ1n) is 8.46. The van der Waals surface area contributed by atoms with Crippen LogP contribution in [0.5, 0.6) is 5.88 Å². The number of nitrogens with zero attached hydrogens (tertiary/aromatic N) is 2. The predicted octanol–water partition coefficient (Wildman–Crippen LogP) is 3.97. The molecule has 0 saturated heterocycles. The minimum Gasteiger partial charge on any atom is -0.494 e. The summed E-state index contributed by atoms with van der Waals surface area (Å²) >= 11 is 5.05. The lowest BCUT2D eigenvalue weighted by atomic mass is 10.2. The Morgan fingerprint density at radius 1 is 1.27 bits per heavy atom. The third-order valence-electron chi connectivity index (χ3n) is 4.02. The summed E-state index contributed by atoms with van der Waals surface area (Å²) in [5.41, 5.74) is 4.72. The standard InChI is InChI=1S/C20H23N3O2S/c1-4-14-23-19(25)17(18(24)21-20(23)26)9-7-8-15-10-12-16(13-11-15)22(5-2)6-3/h4,8-13,25H,1,5-6,14H2,2-3H3,(H,21,24,26). The van der Waals surface area contributed by atoms with Crippen molar-refractivity contribution >= 4 is 30.1 Å². The van der Waals surface area contributed by atoms with Gasteiger partial charge in [-0.1, -0.05) is 18.2 Å². The molecule has 2 N–H and O–H groups in total. The molecule has 5 nitrogen and oxygen atoms in total. The predicted molar refractivity (Wildman–Crippen MR) is 110 cm³/mol. The van der Waals surface area contributed by atoms with Crippen LogP contribution in [0.4, 0.5) is 5.69 Å². The summed E-state index contributed by atoms with van der Waals surface area (Å²) in [5.74, 6) is -0.198. The Hall–Kier alpha value is -2.82. The molecule has 0 amide bonds. The Kier molecular flexibility index (Phi) is 6.78. The summed E-state index contributed by atoms with van der Waals surface area (Å²) < 4.78 is 1.55. The lowest BCUT2D eigenvalue weighted by Crippen LogP contribution is -2.21. The van der Waals surface area contributed by atoms with Crippen LogP contribution in [0, 0.1) is 4.77 Å². The normalized spacial score (nSPS) is 10.1. The molecule has 0 atom stereocenters. The molecule has 2 rings (SSSR count). The average Bonchev–Trinajstić information content (AvgIpc) is 2.63. The van der Waals surface area contributed by atoms with E-state index in [1.807, 2.05) is 12.1 Å². The molecule has 0 fully saturated rings. The Bertz CT molecular complexity index is 945. The van der Waals surface area contributed by atoms with E-state index in [1.54, 1.807) is 12.2 Å². The van der Waals surface area contributed by atoms with Crippen LogP contribution in [0.2, 0.25) is 0 Å². The van der Waals surface area contributed by atoms with E-state index in [2.05, 4.69) is 48.2 Å². The SMILES string of the molecule is C=CCn1c(O)c(C=C=Cc2ccc(N(CC)CC)cc2)c(=O)[nH]c1=S. The highest BCUT2D eigenvalue weighted by molar-refractivity contribution is 7.71. The molecule has 0 radical (unpaired) electrons. The van der Waals surface area contributed by atoms with Gasteiger partial charge in [0.25, 0.3) is 5.56 Å². The van der Waals surface area contributed by atoms with Gasteiger partial charge < -0.3 is 10.0 Å². The molecule has 0 aliphatic heterocycles. The van der Waals surface area contributed by atoms with Crippen LogP contribution in [-0.2, 0) is 6.54 Å². The molecule has 136 valence electrons. The minimum absolute atomic E-state index is 0.108. The Labute approximate surface area is 158 Å². The maximum atomic E-state index is 12.0. The van der Waals surface area contributed by atoms with Gasteiger partial charge in [-0.15, -0.1) is 12.3 Å². The van der Waals surface area contributed by atoms with E-state index in [0.29, 0.717) is 6.54 Å². The fourth-order valence-electron chi connectivity index (χ4n) is 2.59. The number of benzene rings is 1. The van der Waals surface area contributed by atoms with Crippen molar-refractivity contribution in [2.75, 3.05) is 18.0 Å². The summed E-state index contributed by atoms with van der Waals surface area (Å²) in [5, 5.41) is 10.3. The van der Waals surface area contributed by atoms with Gasteiger partial charge in [-0.2, -0.15) is 0 Å². The van der Waals surface area contributed by atoms with Crippen LogP contribution in [-0.4, -0.2) is 27.7 Å². The molecular formula is C20H23N3O2S. The Balaban J connectivity index is 2.32. The van der Waals surface area contributed by atoms with Gasteiger partial charge in [-0.3, -0.25) is 14.3 Å². The van der Waals surface area contributed by atoms with Gasteiger partial charge in [0.2, 0.25) is 5.88 Å². The lowest BCUT2D eigenvalue weighted by molar-refractivity contribution is 0.413. The van der Waals surface area contributed by atoms with Crippen LogP contribution in [0.15, 0.2) is 47.4 Å². The third-order valence-corrected chi connectivity index (χ3v) is 4.34. The highest BCUT2D eigenvalue weighted by Gasteiger charge is 2.08. The van der Waals surface area contributed by atoms with Gasteiger partial charge in [-0.05, 0) is 55.9 Å². The molecule has 0 bridgehead atoms. The first-order valence-corrected chi connectivity index (χ1v) is 8.87. The van der Waals surface area contributed by atoms with E-state index in [9.17, 15) is 9.90 Å². The van der Waals surface area contributed by atoms with Gasteiger partial charge >= 0.3 is 0 Å². The van der Waals surface area contributed by atoms with E-state index >= 15 is 0 Å². The van der Waals surface area contributed by atoms with Crippen molar-refractivity contribution in [1.29, 1.82) is 0 Å². The number of rotatable bonds is 7. The molecule has 1 aromatic carbocycles. The second-order valence-corrected chi connectivity index (χ2v) is 6.00. The van der Waals surface area contributed by atoms with E-state index in [4.69, 9.17) is 12.2 Å². The highest BCUT2D eigenvalue weighted by Crippen LogP contribution is 2.17. The molecule has 1 heterocycles. The first kappa shape index (κ1) is 19.5. The number of allylic oxidation sites excluding steroid dienone is 1. The first-order chi connectivity index (χ1) is 12.5. The monoisotopic (exact) mass is 369 g/mol. The van der Waals surface area contributed by atoms with Crippen LogP contribution in [0.3, 0.4) is 0 Å². The van der Waals surface area contributed by atoms with Crippen molar-refractivity contribution in [3.8, 4) is 5.88 Å². The van der Waals surface area contributed by atoms with Gasteiger partial charge in [-0.25, -0.2) is 0 Å². The third kappa shape index (κ3) is 4.42. The van der Waals surface area contributed by atoms with E-state index in [-0.39, 0.29) is 16.2 Å². The number of nitrogens with one attached hydrogen (secondary N) is 1. The summed E-state index contributed by atoms with van der Waals surface area (Å²) in [6, 6.07) is 8.08. The van der Waals surface area contributed by atoms with Crippen LogP contribution in [0.25, 0.3) is 12.2 Å². The average molecular weight is 369 g/mol. The molecule has 0 spiro atoms. The summed E-state index contributed by atoms with van der Waals surface area (Å²) in [7, 11) is 0. The van der Waals surface area contributed by atoms with Crippen molar-refractivity contribution in [1.82, 2.24) is 9.55 Å². The zero-order chi connectivity index (χ0) is 19.1. The maximum Gasteiger partial charge on any atom is 0.263 e. The molecule has 0 saturated carbocycles. The van der Waals surface area contributed by atoms with Crippen LogP contribution in [0.1, 0.15) is 25.0 Å². The summed E-state index contributed by atoms with van der Waals surface area (Å²) in [4.78, 5) is 16.8. The van der Waals surface area contributed by atoms with Crippen molar-refractivity contribution in [2.45, 2.75) is 20.4 Å². The summed E-state index contributed by atoms with van der Waals surface area (Å²) in [6.45, 7) is 10.1. The van der Waals surface area contributed by atoms with E-state index in [1.165, 1.54) is 10.6 Å². The molecule has 26 heavy (non-hydrogen) atoms. The van der Waals surface area contributed by atoms with Crippen molar-refractivity contribution < 1.29 is 5.11 Å². The van der Waals surface area contributed by atoms with Gasteiger partial charge in [0, 0.05) is 25.3 Å². The lowest BCUT2D eigenvalue weighted by Gasteiger charge is -2.20. The van der Waals surface area contributed by atoms with Gasteiger partial charge in [0.05, 0.1) is 0 Å². The largest absolute Gasteiger partial charge is 0.494 e. The van der Waals surface area contributed by atoms with Gasteiger partial charge in [0.15, 0.2) is 4.77 Å². The zero-order valence-corrected chi connectivity index (χ0v) is 15.8. The molecule has 0 unspecified atom stereocenters. The van der Waals surface area contributed by atoms with E-state index < -0.39 is 5.56 Å². The second kappa shape index (κ2) is 9.04. The maximum absolute atomic E-state index is 12.0. The molecule has 2 aromatic rings.